The molecule has 1 heteroatoms. The van der Waals surface area contributed by atoms with Crippen LogP contribution in [0.1, 0.15) is 12.8 Å². The van der Waals surface area contributed by atoms with E-state index in [4.69, 9.17) is 0 Å². The molecule has 0 heterocycles. The predicted octanol–water partition coefficient (Wildman–Crippen LogP) is 2.57. The number of hydrogen-bond donors (Lipinski definition) is 1. The Labute approximate surface area is 79.8 Å². The third-order valence-electron chi connectivity index (χ3n) is 2.16. The fourth-order valence-corrected chi connectivity index (χ4v) is 1.46. The van der Waals surface area contributed by atoms with E-state index in [-0.39, 0.29) is 0 Å². The van der Waals surface area contributed by atoms with Crippen LogP contribution in [0.5, 0.6) is 0 Å². The number of rotatable bonds is 4. The van der Waals surface area contributed by atoms with Crippen LogP contribution in [0.2, 0.25) is 0 Å². The third-order valence-corrected chi connectivity index (χ3v) is 2.16. The van der Waals surface area contributed by atoms with Crippen molar-refractivity contribution in [2.45, 2.75) is 18.4 Å². The zero-order valence-electron chi connectivity index (χ0n) is 7.74. The second kappa shape index (κ2) is 4.24. The molecule has 0 spiro atoms. The van der Waals surface area contributed by atoms with Gasteiger partial charge in [0.15, 0.2) is 0 Å². The van der Waals surface area contributed by atoms with Crippen LogP contribution < -0.4 is 0 Å². The van der Waals surface area contributed by atoms with Crippen LogP contribution in [-0.2, 0) is 0 Å². The van der Waals surface area contributed by atoms with Gasteiger partial charge in [0.2, 0.25) is 0 Å². The van der Waals surface area contributed by atoms with Crippen LogP contribution in [0.15, 0.2) is 49.1 Å². The maximum absolute atomic E-state index is 10.2. The second-order valence-corrected chi connectivity index (χ2v) is 3.15. The molecule has 1 radical (unpaired) electrons. The molecule has 1 atom stereocenters. The molecular formula is C12H15O. The van der Waals surface area contributed by atoms with Crippen LogP contribution >= 0.6 is 0 Å². The van der Waals surface area contributed by atoms with Crippen molar-refractivity contribution in [3.63, 3.8) is 0 Å². The summed E-state index contributed by atoms with van der Waals surface area (Å²) >= 11 is 0. The molecule has 0 bridgehead atoms. The summed E-state index contributed by atoms with van der Waals surface area (Å²) < 4.78 is 0. The molecule has 69 valence electrons. The zero-order valence-corrected chi connectivity index (χ0v) is 7.74. The van der Waals surface area contributed by atoms with Crippen LogP contribution in [0.3, 0.4) is 0 Å². The Morgan fingerprint density at radius 2 is 2.15 bits per heavy atom. The lowest BCUT2D eigenvalue weighted by atomic mass is 9.84. The van der Waals surface area contributed by atoms with Gasteiger partial charge in [-0.05, 0) is 12.0 Å². The van der Waals surface area contributed by atoms with Gasteiger partial charge in [-0.1, -0.05) is 30.4 Å². The minimum Gasteiger partial charge on any atom is -0.381 e. The van der Waals surface area contributed by atoms with Gasteiger partial charge in [-0.3, -0.25) is 0 Å². The van der Waals surface area contributed by atoms with Crippen molar-refractivity contribution in [3.8, 4) is 0 Å². The molecule has 1 unspecified atom stereocenters. The minimum atomic E-state index is -0.843. The summed E-state index contributed by atoms with van der Waals surface area (Å²) in [7, 11) is 0. The standard InChI is InChI=1S/C12H15O/c1-3-7-11-8-5-6-10-12(11,13)9-4-2/h3-6,8,10,13H,1-2,7,9H2. The Morgan fingerprint density at radius 1 is 1.38 bits per heavy atom. The van der Waals surface area contributed by atoms with Crippen molar-refractivity contribution in [2.75, 3.05) is 0 Å². The van der Waals surface area contributed by atoms with Gasteiger partial charge in [-0.25, -0.2) is 0 Å². The molecule has 0 aromatic heterocycles. The van der Waals surface area contributed by atoms with E-state index in [0.29, 0.717) is 12.8 Å². The zero-order chi connectivity index (χ0) is 9.73. The molecule has 0 aromatic rings. The van der Waals surface area contributed by atoms with Gasteiger partial charge in [-0.15, -0.1) is 13.2 Å². The van der Waals surface area contributed by atoms with E-state index in [9.17, 15) is 5.11 Å². The first-order valence-electron chi connectivity index (χ1n) is 4.39. The lowest BCUT2D eigenvalue weighted by molar-refractivity contribution is 0.129. The van der Waals surface area contributed by atoms with Gasteiger partial charge in [0.25, 0.3) is 0 Å². The molecule has 0 aliphatic heterocycles. The summed E-state index contributed by atoms with van der Waals surface area (Å²) in [5.74, 6) is 0. The van der Waals surface area contributed by atoms with E-state index in [0.717, 1.165) is 5.57 Å². The molecule has 0 amide bonds. The molecule has 1 rings (SSSR count). The topological polar surface area (TPSA) is 20.2 Å². The maximum atomic E-state index is 10.2. The lowest BCUT2D eigenvalue weighted by Gasteiger charge is -2.28. The average molecular weight is 175 g/mol. The molecule has 0 saturated carbocycles. The van der Waals surface area contributed by atoms with Crippen molar-refractivity contribution in [3.05, 3.63) is 55.5 Å². The van der Waals surface area contributed by atoms with E-state index >= 15 is 0 Å². The monoisotopic (exact) mass is 175 g/mol. The summed E-state index contributed by atoms with van der Waals surface area (Å²) in [5.41, 5.74) is 0.134. The SMILES string of the molecule is C=CCC1=C[CH]C=CC1(O)CC=C. The molecule has 13 heavy (non-hydrogen) atoms. The Bertz CT molecular complexity index is 260. The molecule has 0 saturated heterocycles. The highest BCUT2D eigenvalue weighted by Gasteiger charge is 2.27. The molecule has 1 N–H and O–H groups in total. The highest BCUT2D eigenvalue weighted by Crippen LogP contribution is 2.29. The van der Waals surface area contributed by atoms with Crippen molar-refractivity contribution >= 4 is 0 Å². The largest absolute Gasteiger partial charge is 0.381 e. The first-order chi connectivity index (χ1) is 6.23. The van der Waals surface area contributed by atoms with Gasteiger partial charge < -0.3 is 5.11 Å². The first-order valence-corrected chi connectivity index (χ1v) is 4.39. The summed E-state index contributed by atoms with van der Waals surface area (Å²) in [5, 5.41) is 10.2. The number of allylic oxidation sites excluding steroid dienone is 3. The Hall–Kier alpha value is -1.08. The van der Waals surface area contributed by atoms with Crippen LogP contribution in [-0.4, -0.2) is 10.7 Å². The lowest BCUT2D eigenvalue weighted by Crippen LogP contribution is -2.29. The highest BCUT2D eigenvalue weighted by molar-refractivity contribution is 5.36. The fourth-order valence-electron chi connectivity index (χ4n) is 1.46. The minimum absolute atomic E-state index is 0.553. The summed E-state index contributed by atoms with van der Waals surface area (Å²) in [6.07, 6.45) is 12.3. The van der Waals surface area contributed by atoms with Crippen molar-refractivity contribution in [1.82, 2.24) is 0 Å². The van der Waals surface area contributed by atoms with E-state index in [1.54, 1.807) is 18.2 Å². The van der Waals surface area contributed by atoms with Crippen molar-refractivity contribution < 1.29 is 5.11 Å². The Morgan fingerprint density at radius 3 is 2.77 bits per heavy atom. The summed E-state index contributed by atoms with van der Waals surface area (Å²) in [4.78, 5) is 0. The first kappa shape index (κ1) is 10.0. The van der Waals surface area contributed by atoms with E-state index in [1.165, 1.54) is 0 Å². The Kier molecular flexibility index (Phi) is 3.26. The summed E-state index contributed by atoms with van der Waals surface area (Å²) in [6.45, 7) is 7.30. The molecule has 0 aromatic carbocycles. The predicted molar refractivity (Wildman–Crippen MR) is 56.1 cm³/mol. The normalized spacial score (nSPS) is 26.7. The number of aliphatic hydroxyl groups is 1. The van der Waals surface area contributed by atoms with Gasteiger partial charge in [0, 0.05) is 12.8 Å². The number of hydrogen-bond acceptors (Lipinski definition) is 1. The highest BCUT2D eigenvalue weighted by atomic mass is 16.3. The quantitative estimate of drug-likeness (QED) is 0.651. The summed E-state index contributed by atoms with van der Waals surface area (Å²) in [6, 6.07) is 0. The van der Waals surface area contributed by atoms with Gasteiger partial charge in [0.05, 0.1) is 0 Å². The van der Waals surface area contributed by atoms with Crippen LogP contribution in [0.25, 0.3) is 0 Å². The van der Waals surface area contributed by atoms with Gasteiger partial charge in [0.1, 0.15) is 5.60 Å². The van der Waals surface area contributed by atoms with Crippen LogP contribution in [0, 0.1) is 6.42 Å². The van der Waals surface area contributed by atoms with Gasteiger partial charge >= 0.3 is 0 Å². The fraction of sp³-hybridized carbons (Fsp3) is 0.250. The maximum Gasteiger partial charge on any atom is 0.107 e. The van der Waals surface area contributed by atoms with Crippen LogP contribution in [0.4, 0.5) is 0 Å². The van der Waals surface area contributed by atoms with E-state index < -0.39 is 5.60 Å². The third kappa shape index (κ3) is 2.19. The smallest absolute Gasteiger partial charge is 0.107 e. The van der Waals surface area contributed by atoms with Crippen molar-refractivity contribution in [2.24, 2.45) is 0 Å². The molecule has 1 aliphatic carbocycles. The molecule has 1 nitrogen and oxygen atoms in total. The Balaban J connectivity index is 2.83. The van der Waals surface area contributed by atoms with E-state index in [2.05, 4.69) is 13.2 Å². The van der Waals surface area contributed by atoms with E-state index in [1.807, 2.05) is 18.6 Å². The molecule has 0 fully saturated rings. The van der Waals surface area contributed by atoms with Gasteiger partial charge in [-0.2, -0.15) is 0 Å². The second-order valence-electron chi connectivity index (χ2n) is 3.15. The average Bonchev–Trinajstić information content (AvgIpc) is 2.10. The molecular weight excluding hydrogens is 160 g/mol. The van der Waals surface area contributed by atoms with Crippen molar-refractivity contribution in [1.29, 1.82) is 0 Å². The molecule has 1 aliphatic rings.